The van der Waals surface area contributed by atoms with Gasteiger partial charge in [0, 0.05) is 16.7 Å². The second-order valence-corrected chi connectivity index (χ2v) is 7.85. The molecule has 1 aliphatic rings. The van der Waals surface area contributed by atoms with Gasteiger partial charge >= 0.3 is 0 Å². The molecule has 2 rings (SSSR count). The standard InChI is InChI=1S/C18H29NOS/c1-4-11-19-17(16-7-5-6-8-16)13-21(20)18-12-14(2)9-10-15(18)3/h9-10,12,16-17,19H,4-8,11,13H2,1-3H3. The molecule has 21 heavy (non-hydrogen) atoms. The van der Waals surface area contributed by atoms with Crippen LogP contribution in [0.1, 0.15) is 50.2 Å². The minimum Gasteiger partial charge on any atom is -0.313 e. The van der Waals surface area contributed by atoms with Crippen molar-refractivity contribution < 1.29 is 4.21 Å². The van der Waals surface area contributed by atoms with Crippen LogP contribution in [-0.2, 0) is 10.8 Å². The number of nitrogens with one attached hydrogen (secondary N) is 1. The van der Waals surface area contributed by atoms with Crippen LogP contribution in [0.4, 0.5) is 0 Å². The summed E-state index contributed by atoms with van der Waals surface area (Å²) in [6.45, 7) is 7.37. The van der Waals surface area contributed by atoms with Crippen LogP contribution in [0.15, 0.2) is 23.1 Å². The van der Waals surface area contributed by atoms with Gasteiger partial charge < -0.3 is 5.32 Å². The average Bonchev–Trinajstić information content (AvgIpc) is 3.00. The third-order valence-electron chi connectivity index (χ3n) is 4.55. The van der Waals surface area contributed by atoms with E-state index in [1.54, 1.807) is 0 Å². The van der Waals surface area contributed by atoms with E-state index in [0.717, 1.165) is 29.2 Å². The molecule has 2 unspecified atom stereocenters. The van der Waals surface area contributed by atoms with Gasteiger partial charge in [-0.25, -0.2) is 0 Å². The quantitative estimate of drug-likeness (QED) is 0.826. The van der Waals surface area contributed by atoms with E-state index < -0.39 is 10.8 Å². The van der Waals surface area contributed by atoms with Crippen molar-refractivity contribution in [3.8, 4) is 0 Å². The maximum atomic E-state index is 12.8. The van der Waals surface area contributed by atoms with Crippen LogP contribution in [0.25, 0.3) is 0 Å². The van der Waals surface area contributed by atoms with E-state index in [2.05, 4.69) is 44.3 Å². The van der Waals surface area contributed by atoms with Crippen LogP contribution < -0.4 is 5.32 Å². The van der Waals surface area contributed by atoms with E-state index >= 15 is 0 Å². The van der Waals surface area contributed by atoms with Gasteiger partial charge in [0.25, 0.3) is 0 Å². The van der Waals surface area contributed by atoms with E-state index in [-0.39, 0.29) is 0 Å². The highest BCUT2D eigenvalue weighted by molar-refractivity contribution is 7.85. The van der Waals surface area contributed by atoms with E-state index in [9.17, 15) is 4.21 Å². The maximum absolute atomic E-state index is 12.8. The summed E-state index contributed by atoms with van der Waals surface area (Å²) in [5.74, 6) is 1.47. The Kier molecular flexibility index (Phi) is 6.43. The van der Waals surface area contributed by atoms with E-state index in [1.165, 1.54) is 31.2 Å². The first-order chi connectivity index (χ1) is 10.1. The normalized spacial score (nSPS) is 18.8. The Labute approximate surface area is 132 Å². The molecule has 0 spiro atoms. The minimum absolute atomic E-state index is 0.410. The highest BCUT2D eigenvalue weighted by atomic mass is 32.2. The second kappa shape index (κ2) is 8.09. The molecular formula is C18H29NOS. The van der Waals surface area contributed by atoms with Crippen molar-refractivity contribution in [1.82, 2.24) is 5.32 Å². The van der Waals surface area contributed by atoms with Crippen molar-refractivity contribution in [1.29, 1.82) is 0 Å². The summed E-state index contributed by atoms with van der Waals surface area (Å²) in [5, 5.41) is 3.65. The number of hydrogen-bond acceptors (Lipinski definition) is 2. The topological polar surface area (TPSA) is 29.1 Å². The summed E-state index contributed by atoms with van der Waals surface area (Å²) in [5.41, 5.74) is 2.35. The Morgan fingerprint density at radius 2 is 2.00 bits per heavy atom. The van der Waals surface area contributed by atoms with E-state index in [0.29, 0.717) is 12.0 Å². The van der Waals surface area contributed by atoms with Crippen molar-refractivity contribution in [2.75, 3.05) is 12.3 Å². The predicted molar refractivity (Wildman–Crippen MR) is 91.2 cm³/mol. The van der Waals surface area contributed by atoms with Crippen LogP contribution in [0.3, 0.4) is 0 Å². The molecule has 118 valence electrons. The lowest BCUT2D eigenvalue weighted by molar-refractivity contribution is 0.385. The molecule has 0 amide bonds. The van der Waals surface area contributed by atoms with Crippen LogP contribution in [0.5, 0.6) is 0 Å². The fraction of sp³-hybridized carbons (Fsp3) is 0.667. The Hall–Kier alpha value is -0.670. The van der Waals surface area contributed by atoms with Gasteiger partial charge in [-0.2, -0.15) is 0 Å². The summed E-state index contributed by atoms with van der Waals surface area (Å²) < 4.78 is 12.8. The van der Waals surface area contributed by atoms with Crippen LogP contribution in [-0.4, -0.2) is 22.5 Å². The highest BCUT2D eigenvalue weighted by Crippen LogP contribution is 2.29. The van der Waals surface area contributed by atoms with Crippen molar-refractivity contribution >= 4 is 10.8 Å². The average molecular weight is 308 g/mol. The fourth-order valence-electron chi connectivity index (χ4n) is 3.26. The van der Waals surface area contributed by atoms with Gasteiger partial charge in [0.2, 0.25) is 0 Å². The first-order valence-corrected chi connectivity index (χ1v) is 9.62. The molecule has 0 bridgehead atoms. The summed E-state index contributed by atoms with van der Waals surface area (Å²) in [6, 6.07) is 6.69. The van der Waals surface area contributed by atoms with Crippen molar-refractivity contribution in [2.45, 2.75) is 63.8 Å². The molecule has 1 aliphatic carbocycles. The summed E-state index contributed by atoms with van der Waals surface area (Å²) in [7, 11) is -0.897. The molecular weight excluding hydrogens is 278 g/mol. The third-order valence-corrected chi connectivity index (χ3v) is 6.14. The van der Waals surface area contributed by atoms with E-state index in [4.69, 9.17) is 0 Å². The summed E-state index contributed by atoms with van der Waals surface area (Å²) >= 11 is 0. The number of hydrogen-bond donors (Lipinski definition) is 1. The van der Waals surface area contributed by atoms with Crippen molar-refractivity contribution in [3.63, 3.8) is 0 Å². The smallest absolute Gasteiger partial charge is 0.0548 e. The van der Waals surface area contributed by atoms with Gasteiger partial charge in [0.15, 0.2) is 0 Å². The molecule has 1 N–H and O–H groups in total. The molecule has 2 nitrogen and oxygen atoms in total. The molecule has 1 saturated carbocycles. The molecule has 3 heteroatoms. The fourth-order valence-corrected chi connectivity index (χ4v) is 4.90. The summed E-state index contributed by atoms with van der Waals surface area (Å²) in [6.07, 6.45) is 6.41. The SMILES string of the molecule is CCCNC(CS(=O)c1cc(C)ccc1C)C1CCCC1. The molecule has 0 radical (unpaired) electrons. The van der Waals surface area contributed by atoms with E-state index in [1.807, 2.05) is 0 Å². The largest absolute Gasteiger partial charge is 0.313 e. The van der Waals surface area contributed by atoms with Crippen LogP contribution in [0, 0.1) is 19.8 Å². The lowest BCUT2D eigenvalue weighted by Crippen LogP contribution is -2.40. The van der Waals surface area contributed by atoms with Crippen molar-refractivity contribution in [2.24, 2.45) is 5.92 Å². The first kappa shape index (κ1) is 16.7. The Balaban J connectivity index is 2.07. The van der Waals surface area contributed by atoms with Crippen LogP contribution >= 0.6 is 0 Å². The number of benzene rings is 1. The zero-order valence-corrected chi connectivity index (χ0v) is 14.5. The molecule has 1 aromatic rings. The lowest BCUT2D eigenvalue weighted by Gasteiger charge is -2.24. The summed E-state index contributed by atoms with van der Waals surface area (Å²) in [4.78, 5) is 1.02. The zero-order valence-electron chi connectivity index (χ0n) is 13.7. The first-order valence-electron chi connectivity index (χ1n) is 8.30. The predicted octanol–water partition coefficient (Wildman–Crippen LogP) is 3.97. The molecule has 2 atom stereocenters. The molecule has 0 aromatic heterocycles. The monoisotopic (exact) mass is 307 g/mol. The lowest BCUT2D eigenvalue weighted by atomic mass is 10.00. The number of aryl methyl sites for hydroxylation is 2. The highest BCUT2D eigenvalue weighted by Gasteiger charge is 2.26. The van der Waals surface area contributed by atoms with Gasteiger partial charge in [0.05, 0.1) is 10.8 Å². The van der Waals surface area contributed by atoms with Gasteiger partial charge in [-0.05, 0) is 62.8 Å². The molecule has 1 aromatic carbocycles. The second-order valence-electron chi connectivity index (χ2n) is 6.39. The Morgan fingerprint density at radius 3 is 2.67 bits per heavy atom. The number of rotatable bonds is 7. The van der Waals surface area contributed by atoms with Gasteiger partial charge in [-0.3, -0.25) is 4.21 Å². The maximum Gasteiger partial charge on any atom is 0.0548 e. The Bertz CT molecular complexity index is 480. The third kappa shape index (κ3) is 4.65. The van der Waals surface area contributed by atoms with Gasteiger partial charge in [-0.1, -0.05) is 31.9 Å². The van der Waals surface area contributed by atoms with Crippen molar-refractivity contribution in [3.05, 3.63) is 29.3 Å². The van der Waals surface area contributed by atoms with Crippen LogP contribution in [0.2, 0.25) is 0 Å². The molecule has 0 aliphatic heterocycles. The molecule has 0 saturated heterocycles. The molecule has 0 heterocycles. The zero-order chi connectivity index (χ0) is 15.2. The molecule has 1 fully saturated rings. The van der Waals surface area contributed by atoms with Gasteiger partial charge in [0.1, 0.15) is 0 Å². The minimum atomic E-state index is -0.897. The Morgan fingerprint density at radius 1 is 1.29 bits per heavy atom. The van der Waals surface area contributed by atoms with Gasteiger partial charge in [-0.15, -0.1) is 0 Å².